The Kier molecular flexibility index (Phi) is 6.44. The molecule has 3 heteroatoms. The van der Waals surface area contributed by atoms with Gasteiger partial charge in [0.05, 0.1) is 6.61 Å². The van der Waals surface area contributed by atoms with Crippen molar-refractivity contribution in [2.24, 2.45) is 0 Å². The van der Waals surface area contributed by atoms with Crippen molar-refractivity contribution in [1.29, 1.82) is 0 Å². The molecule has 0 aliphatic carbocycles. The van der Waals surface area contributed by atoms with Crippen LogP contribution in [0.25, 0.3) is 0 Å². The van der Waals surface area contributed by atoms with Gasteiger partial charge in [-0.05, 0) is 24.8 Å². The van der Waals surface area contributed by atoms with E-state index in [1.807, 2.05) is 32.0 Å². The van der Waals surface area contributed by atoms with Crippen molar-refractivity contribution in [1.82, 2.24) is 5.32 Å². The molecule has 0 aliphatic rings. The minimum atomic E-state index is -0.198. The quantitative estimate of drug-likeness (QED) is 0.755. The van der Waals surface area contributed by atoms with Crippen LogP contribution in [0, 0.1) is 0 Å². The van der Waals surface area contributed by atoms with Crippen molar-refractivity contribution < 1.29 is 9.53 Å². The molecule has 1 aromatic carbocycles. The monoisotopic (exact) mass is 249 g/mol. The van der Waals surface area contributed by atoms with Crippen LogP contribution in [0.5, 0.6) is 0 Å². The van der Waals surface area contributed by atoms with Crippen LogP contribution >= 0.6 is 0 Å². The Morgan fingerprint density at radius 2 is 1.94 bits per heavy atom. The molecule has 0 aromatic heterocycles. The van der Waals surface area contributed by atoms with Gasteiger partial charge in [0.2, 0.25) is 0 Å². The number of hydrogen-bond donors (Lipinski definition) is 1. The summed E-state index contributed by atoms with van der Waals surface area (Å²) in [6, 6.07) is 10.1. The normalized spacial score (nSPS) is 13.9. The van der Waals surface area contributed by atoms with Crippen molar-refractivity contribution in [3.63, 3.8) is 0 Å². The van der Waals surface area contributed by atoms with Crippen molar-refractivity contribution in [3.8, 4) is 0 Å². The van der Waals surface area contributed by atoms with E-state index in [-0.39, 0.29) is 12.0 Å². The third-order valence-corrected chi connectivity index (χ3v) is 3.02. The molecule has 18 heavy (non-hydrogen) atoms. The van der Waals surface area contributed by atoms with E-state index in [4.69, 9.17) is 4.74 Å². The van der Waals surface area contributed by atoms with Crippen molar-refractivity contribution in [3.05, 3.63) is 35.9 Å². The second kappa shape index (κ2) is 7.88. The summed E-state index contributed by atoms with van der Waals surface area (Å²) in [5.74, 6) is 0.231. The van der Waals surface area contributed by atoms with Crippen molar-refractivity contribution in [2.75, 3.05) is 13.2 Å². The second-order valence-electron chi connectivity index (χ2n) is 4.43. The summed E-state index contributed by atoms with van der Waals surface area (Å²) in [5.41, 5.74) is 1.28. The molecule has 1 aromatic rings. The van der Waals surface area contributed by atoms with Gasteiger partial charge in [0.25, 0.3) is 0 Å². The molecule has 2 atom stereocenters. The van der Waals surface area contributed by atoms with Crippen LogP contribution in [0.3, 0.4) is 0 Å². The summed E-state index contributed by atoms with van der Waals surface area (Å²) in [7, 11) is 0. The maximum Gasteiger partial charge on any atom is 0.323 e. The van der Waals surface area contributed by atoms with E-state index >= 15 is 0 Å². The summed E-state index contributed by atoms with van der Waals surface area (Å²) in [6.07, 6.45) is 0.750. The highest BCUT2D eigenvalue weighted by atomic mass is 16.5. The van der Waals surface area contributed by atoms with Gasteiger partial charge in [0.1, 0.15) is 6.04 Å². The summed E-state index contributed by atoms with van der Waals surface area (Å²) >= 11 is 0. The van der Waals surface area contributed by atoms with Gasteiger partial charge in [-0.2, -0.15) is 0 Å². The molecule has 1 rings (SSSR count). The van der Waals surface area contributed by atoms with Crippen molar-refractivity contribution >= 4 is 5.97 Å². The first-order chi connectivity index (χ1) is 8.69. The molecular formula is C15H23NO2. The van der Waals surface area contributed by atoms with Gasteiger partial charge in [-0.15, -0.1) is 0 Å². The average Bonchev–Trinajstić information content (AvgIpc) is 2.40. The van der Waals surface area contributed by atoms with E-state index in [2.05, 4.69) is 24.4 Å². The molecule has 100 valence electrons. The smallest absolute Gasteiger partial charge is 0.323 e. The van der Waals surface area contributed by atoms with Gasteiger partial charge in [-0.3, -0.25) is 4.79 Å². The number of benzene rings is 1. The Morgan fingerprint density at radius 3 is 2.50 bits per heavy atom. The lowest BCUT2D eigenvalue weighted by Crippen LogP contribution is -2.39. The largest absolute Gasteiger partial charge is 0.465 e. The van der Waals surface area contributed by atoms with Gasteiger partial charge in [0, 0.05) is 6.54 Å². The summed E-state index contributed by atoms with van der Waals surface area (Å²) in [4.78, 5) is 11.6. The third-order valence-electron chi connectivity index (χ3n) is 3.02. The molecule has 0 bridgehead atoms. The van der Waals surface area contributed by atoms with E-state index in [1.54, 1.807) is 0 Å². The van der Waals surface area contributed by atoms with Gasteiger partial charge in [-0.25, -0.2) is 0 Å². The SMILES string of the molecule is CCOC(=O)C(CC)NCC(C)c1ccccc1. The van der Waals surface area contributed by atoms with Crippen LogP contribution in [-0.4, -0.2) is 25.2 Å². The van der Waals surface area contributed by atoms with E-state index in [9.17, 15) is 4.79 Å². The van der Waals surface area contributed by atoms with Crippen LogP contribution in [0.1, 0.15) is 38.7 Å². The molecule has 3 nitrogen and oxygen atoms in total. The number of carbonyl (C=O) groups is 1. The maximum atomic E-state index is 11.6. The highest BCUT2D eigenvalue weighted by molar-refractivity contribution is 5.75. The zero-order valence-electron chi connectivity index (χ0n) is 11.5. The Labute approximate surface area is 110 Å². The molecule has 0 aliphatic heterocycles. The molecule has 0 fully saturated rings. The Hall–Kier alpha value is -1.35. The number of hydrogen-bond acceptors (Lipinski definition) is 3. The highest BCUT2D eigenvalue weighted by Gasteiger charge is 2.17. The number of nitrogens with one attached hydrogen (secondary N) is 1. The lowest BCUT2D eigenvalue weighted by Gasteiger charge is -2.19. The summed E-state index contributed by atoms with van der Waals surface area (Å²) in [5, 5.41) is 3.28. The number of esters is 1. The minimum absolute atomic E-state index is 0.153. The van der Waals surface area contributed by atoms with Crippen LogP contribution in [0.15, 0.2) is 30.3 Å². The zero-order chi connectivity index (χ0) is 13.4. The molecular weight excluding hydrogens is 226 g/mol. The van der Waals surface area contributed by atoms with E-state index in [0.717, 1.165) is 13.0 Å². The van der Waals surface area contributed by atoms with Gasteiger partial charge < -0.3 is 10.1 Å². The number of carbonyl (C=O) groups excluding carboxylic acids is 1. The lowest BCUT2D eigenvalue weighted by atomic mass is 10.0. The van der Waals surface area contributed by atoms with Crippen LogP contribution in [-0.2, 0) is 9.53 Å². The molecule has 0 amide bonds. The van der Waals surface area contributed by atoms with Crippen LogP contribution in [0.2, 0.25) is 0 Å². The fourth-order valence-electron chi connectivity index (χ4n) is 1.86. The molecule has 2 unspecified atom stereocenters. The zero-order valence-corrected chi connectivity index (χ0v) is 11.5. The Bertz CT molecular complexity index is 351. The van der Waals surface area contributed by atoms with Crippen LogP contribution < -0.4 is 5.32 Å². The highest BCUT2D eigenvalue weighted by Crippen LogP contribution is 2.13. The number of rotatable bonds is 7. The fourth-order valence-corrected chi connectivity index (χ4v) is 1.86. The molecule has 0 saturated heterocycles. The van der Waals surface area contributed by atoms with E-state index < -0.39 is 0 Å². The summed E-state index contributed by atoms with van der Waals surface area (Å²) in [6.45, 7) is 7.19. The topological polar surface area (TPSA) is 38.3 Å². The molecule has 0 spiro atoms. The first-order valence-corrected chi connectivity index (χ1v) is 6.64. The molecule has 0 radical (unpaired) electrons. The fraction of sp³-hybridized carbons (Fsp3) is 0.533. The lowest BCUT2D eigenvalue weighted by molar-refractivity contribution is -0.145. The van der Waals surface area contributed by atoms with E-state index in [0.29, 0.717) is 12.5 Å². The predicted molar refractivity (Wildman–Crippen MR) is 73.6 cm³/mol. The van der Waals surface area contributed by atoms with Gasteiger partial charge in [-0.1, -0.05) is 44.2 Å². The Morgan fingerprint density at radius 1 is 1.28 bits per heavy atom. The maximum absolute atomic E-state index is 11.6. The predicted octanol–water partition coefficient (Wildman–Crippen LogP) is 2.72. The van der Waals surface area contributed by atoms with Gasteiger partial charge >= 0.3 is 5.97 Å². The third kappa shape index (κ3) is 4.49. The Balaban J connectivity index is 2.45. The summed E-state index contributed by atoms with van der Waals surface area (Å²) < 4.78 is 5.03. The van der Waals surface area contributed by atoms with Crippen LogP contribution in [0.4, 0.5) is 0 Å². The standard InChI is InChI=1S/C15H23NO2/c1-4-14(15(17)18-5-2)16-11-12(3)13-9-7-6-8-10-13/h6-10,12,14,16H,4-5,11H2,1-3H3. The molecule has 0 saturated carbocycles. The molecule has 1 N–H and O–H groups in total. The minimum Gasteiger partial charge on any atom is -0.465 e. The van der Waals surface area contributed by atoms with E-state index in [1.165, 1.54) is 5.56 Å². The first-order valence-electron chi connectivity index (χ1n) is 6.64. The average molecular weight is 249 g/mol. The second-order valence-corrected chi connectivity index (χ2v) is 4.43. The van der Waals surface area contributed by atoms with Gasteiger partial charge in [0.15, 0.2) is 0 Å². The number of ether oxygens (including phenoxy) is 1. The first kappa shape index (κ1) is 14.7. The molecule has 0 heterocycles. The van der Waals surface area contributed by atoms with Crippen molar-refractivity contribution in [2.45, 2.75) is 39.2 Å².